The van der Waals surface area contributed by atoms with Gasteiger partial charge >= 0.3 is 5.97 Å². The SMILES string of the molecule is CC(=O)N[C@H]1[C@H]([C@H](O)[C@H](O)CO)O[C@@](O[C@H]2[C@@H](O)[C@@H](CO[C@@H]3O[C@H](CO)[C@H](O)[C@H](O)[C@H]3O)O[C@@H](O[C@@H]([C@H](O)[C@@H](O)CO)[C@H](O)CO)[C@@H]2O)(C(=O)O)C[C@@H]1O. The highest BCUT2D eigenvalue weighted by molar-refractivity contribution is 5.76. The fourth-order valence-electron chi connectivity index (χ4n) is 6.14. The predicted molar refractivity (Wildman–Crippen MR) is 165 cm³/mol. The Hall–Kier alpha value is -1.90. The van der Waals surface area contributed by atoms with Gasteiger partial charge < -0.3 is 115 Å². The summed E-state index contributed by atoms with van der Waals surface area (Å²) < 4.78 is 32.9. The Morgan fingerprint density at radius 3 is 1.91 bits per heavy atom. The van der Waals surface area contributed by atoms with Crippen LogP contribution in [0.4, 0.5) is 0 Å². The summed E-state index contributed by atoms with van der Waals surface area (Å²) in [6.45, 7) is -4.20. The zero-order valence-electron chi connectivity index (χ0n) is 28.6. The number of hydrogen-bond acceptors (Lipinski definition) is 23. The van der Waals surface area contributed by atoms with Crippen molar-refractivity contribution < 1.29 is 120 Å². The smallest absolute Gasteiger partial charge is 0.364 e. The minimum absolute atomic E-state index is 0.812. The molecular formula is C29H51NO24. The molecule has 17 N–H and O–H groups in total. The van der Waals surface area contributed by atoms with Gasteiger partial charge in [0, 0.05) is 13.3 Å². The van der Waals surface area contributed by atoms with Crippen LogP contribution in [0, 0.1) is 0 Å². The number of rotatable bonds is 18. The Morgan fingerprint density at radius 1 is 0.778 bits per heavy atom. The van der Waals surface area contributed by atoms with E-state index in [-0.39, 0.29) is 0 Å². The highest BCUT2D eigenvalue weighted by Crippen LogP contribution is 2.38. The van der Waals surface area contributed by atoms with E-state index < -0.39 is 173 Å². The van der Waals surface area contributed by atoms with Crippen LogP contribution in [-0.4, -0.2) is 249 Å². The zero-order chi connectivity index (χ0) is 40.8. The van der Waals surface area contributed by atoms with Gasteiger partial charge in [-0.1, -0.05) is 0 Å². The molecule has 0 saturated carbocycles. The number of amides is 1. The van der Waals surface area contributed by atoms with E-state index in [1.807, 2.05) is 0 Å². The second-order valence-electron chi connectivity index (χ2n) is 13.1. The minimum Gasteiger partial charge on any atom is -0.477 e. The van der Waals surface area contributed by atoms with Crippen molar-refractivity contribution in [2.24, 2.45) is 0 Å². The summed E-state index contributed by atoms with van der Waals surface area (Å²) in [5.41, 5.74) is 0. The Bertz CT molecular complexity index is 1190. The van der Waals surface area contributed by atoms with Crippen LogP contribution in [0.15, 0.2) is 0 Å². The molecule has 0 unspecified atom stereocenters. The number of carbonyl (C=O) groups excluding carboxylic acids is 1. The number of carboxylic acid groups (broad SMARTS) is 1. The number of carboxylic acids is 1. The lowest BCUT2D eigenvalue weighted by molar-refractivity contribution is -0.381. The van der Waals surface area contributed by atoms with Crippen molar-refractivity contribution in [3.8, 4) is 0 Å². The molecule has 0 aromatic heterocycles. The third-order valence-electron chi connectivity index (χ3n) is 9.20. The van der Waals surface area contributed by atoms with E-state index in [0.29, 0.717) is 0 Å². The van der Waals surface area contributed by atoms with E-state index in [2.05, 4.69) is 5.32 Å². The molecule has 25 nitrogen and oxygen atoms in total. The van der Waals surface area contributed by atoms with Crippen molar-refractivity contribution in [2.45, 2.75) is 135 Å². The molecule has 25 heteroatoms. The van der Waals surface area contributed by atoms with Gasteiger partial charge in [0.25, 0.3) is 5.79 Å². The van der Waals surface area contributed by atoms with Crippen LogP contribution in [0.2, 0.25) is 0 Å². The standard InChI is InChI=1S/C29H51NO24/c1-8(35)30-15-9(36)2-29(28(47)48,53-24(15)17(41)11(38)4-32)54-25-19(43)14(7-49-26-21(45)20(44)18(42)13(6-34)50-26)51-27(22(25)46)52-23(12(39)5-33)16(40)10(37)3-31/h9-27,31-34,36-46H,2-7H2,1H3,(H,30,35)(H,47,48)/t9-,10-,11+,12+,13+,14+,15+,16+,17+,18-,19-,20-,21+,22+,23+,24+,25-,26+,27-,29-/m0/s1. The number of aliphatic hydroxyl groups excluding tert-OH is 15. The van der Waals surface area contributed by atoms with Crippen LogP contribution in [0.5, 0.6) is 0 Å². The second-order valence-corrected chi connectivity index (χ2v) is 13.1. The summed E-state index contributed by atoms with van der Waals surface area (Å²) in [5, 5.41) is 167. The van der Waals surface area contributed by atoms with E-state index in [9.17, 15) is 91.3 Å². The maximum Gasteiger partial charge on any atom is 0.364 e. The topological polar surface area (TPSA) is 425 Å². The fourth-order valence-corrected chi connectivity index (χ4v) is 6.14. The molecule has 3 saturated heterocycles. The van der Waals surface area contributed by atoms with Gasteiger partial charge in [-0.05, 0) is 0 Å². The maximum absolute atomic E-state index is 12.8. The first-order valence-electron chi connectivity index (χ1n) is 16.6. The summed E-state index contributed by atoms with van der Waals surface area (Å²) in [6, 6.07) is -1.64. The van der Waals surface area contributed by atoms with Crippen molar-refractivity contribution in [2.75, 3.05) is 33.0 Å². The van der Waals surface area contributed by atoms with Crippen molar-refractivity contribution in [3.05, 3.63) is 0 Å². The minimum atomic E-state index is -3.19. The molecule has 0 spiro atoms. The van der Waals surface area contributed by atoms with E-state index >= 15 is 0 Å². The third kappa shape index (κ3) is 10.3. The van der Waals surface area contributed by atoms with Crippen LogP contribution in [0.1, 0.15) is 13.3 Å². The quantitative estimate of drug-likeness (QED) is 0.0612. The Morgan fingerprint density at radius 2 is 1.37 bits per heavy atom. The number of nitrogens with one attached hydrogen (secondary N) is 1. The first kappa shape index (κ1) is 46.5. The summed E-state index contributed by atoms with van der Waals surface area (Å²) in [7, 11) is 0. The lowest BCUT2D eigenvalue weighted by Gasteiger charge is -2.50. The molecule has 0 bridgehead atoms. The molecule has 54 heavy (non-hydrogen) atoms. The summed E-state index contributed by atoms with van der Waals surface area (Å²) >= 11 is 0. The van der Waals surface area contributed by atoms with Crippen LogP contribution in [0.25, 0.3) is 0 Å². The first-order chi connectivity index (χ1) is 25.3. The van der Waals surface area contributed by atoms with Gasteiger partial charge in [0.15, 0.2) is 12.6 Å². The van der Waals surface area contributed by atoms with Gasteiger partial charge in [0.05, 0.1) is 45.2 Å². The molecule has 3 rings (SSSR count). The number of ether oxygens (including phenoxy) is 6. The largest absolute Gasteiger partial charge is 0.477 e. The number of aliphatic hydroxyl groups is 15. The van der Waals surface area contributed by atoms with E-state index in [0.717, 1.165) is 6.92 Å². The van der Waals surface area contributed by atoms with Crippen molar-refractivity contribution in [1.82, 2.24) is 5.32 Å². The first-order valence-corrected chi connectivity index (χ1v) is 16.6. The second kappa shape index (κ2) is 20.0. The Labute approximate surface area is 305 Å². The van der Waals surface area contributed by atoms with Crippen molar-refractivity contribution >= 4 is 11.9 Å². The Balaban J connectivity index is 2.04. The lowest BCUT2D eigenvalue weighted by atomic mass is 9.88. The average molecular weight is 798 g/mol. The maximum atomic E-state index is 12.8. The van der Waals surface area contributed by atoms with Gasteiger partial charge in [-0.25, -0.2) is 4.79 Å². The summed E-state index contributed by atoms with van der Waals surface area (Å²) in [4.78, 5) is 24.7. The molecule has 316 valence electrons. The average Bonchev–Trinajstić information content (AvgIpc) is 3.14. The molecule has 3 aliphatic rings. The van der Waals surface area contributed by atoms with Gasteiger partial charge in [0.2, 0.25) is 5.91 Å². The highest BCUT2D eigenvalue weighted by atomic mass is 16.8. The molecule has 3 fully saturated rings. The molecule has 3 aliphatic heterocycles. The van der Waals surface area contributed by atoms with Crippen molar-refractivity contribution in [3.63, 3.8) is 0 Å². The van der Waals surface area contributed by atoms with E-state index in [1.54, 1.807) is 0 Å². The Kier molecular flexibility index (Phi) is 17.2. The van der Waals surface area contributed by atoms with E-state index in [1.165, 1.54) is 0 Å². The normalized spacial score (nSPS) is 40.9. The van der Waals surface area contributed by atoms with Gasteiger partial charge in [-0.3, -0.25) is 4.79 Å². The van der Waals surface area contributed by atoms with Gasteiger partial charge in [-0.2, -0.15) is 0 Å². The highest BCUT2D eigenvalue weighted by Gasteiger charge is 2.60. The molecule has 3 heterocycles. The molecule has 0 aliphatic carbocycles. The molecular weight excluding hydrogens is 746 g/mol. The monoisotopic (exact) mass is 797 g/mol. The number of carbonyl (C=O) groups is 2. The lowest BCUT2D eigenvalue weighted by Crippen LogP contribution is -2.70. The molecule has 20 atom stereocenters. The number of aliphatic carboxylic acids is 1. The van der Waals surface area contributed by atoms with Gasteiger partial charge in [-0.15, -0.1) is 0 Å². The summed E-state index contributed by atoms with van der Waals surface area (Å²) in [6.07, 6.45) is -38.0. The van der Waals surface area contributed by atoms with Crippen LogP contribution >= 0.6 is 0 Å². The fraction of sp³-hybridized carbons (Fsp3) is 0.931. The van der Waals surface area contributed by atoms with Crippen LogP contribution < -0.4 is 5.32 Å². The number of hydrogen-bond donors (Lipinski definition) is 17. The summed E-state index contributed by atoms with van der Waals surface area (Å²) in [5.74, 6) is -6.08. The van der Waals surface area contributed by atoms with Crippen LogP contribution in [-0.2, 0) is 38.0 Å². The molecule has 1 amide bonds. The van der Waals surface area contributed by atoms with Crippen molar-refractivity contribution in [1.29, 1.82) is 0 Å². The third-order valence-corrected chi connectivity index (χ3v) is 9.20. The van der Waals surface area contributed by atoms with Crippen LogP contribution in [0.3, 0.4) is 0 Å². The molecule has 0 radical (unpaired) electrons. The van der Waals surface area contributed by atoms with E-state index in [4.69, 9.17) is 28.4 Å². The predicted octanol–water partition coefficient (Wildman–Crippen LogP) is -10.8. The zero-order valence-corrected chi connectivity index (χ0v) is 28.6. The van der Waals surface area contributed by atoms with Gasteiger partial charge in [0.1, 0.15) is 91.6 Å². The molecule has 0 aromatic rings. The molecule has 0 aromatic carbocycles.